The van der Waals surface area contributed by atoms with Gasteiger partial charge in [-0.3, -0.25) is 4.98 Å². The molecule has 2 N–H and O–H groups in total. The lowest BCUT2D eigenvalue weighted by atomic mass is 10.2. The molecule has 0 spiro atoms. The summed E-state index contributed by atoms with van der Waals surface area (Å²) in [5.74, 6) is 0. The minimum Gasteiger partial charge on any atom is -0.388 e. The van der Waals surface area contributed by atoms with Crippen LogP contribution < -0.4 is 5.73 Å². The van der Waals surface area contributed by atoms with Crippen molar-refractivity contribution in [3.63, 3.8) is 0 Å². The van der Waals surface area contributed by atoms with Gasteiger partial charge in [-0.25, -0.2) is 4.98 Å². The highest BCUT2D eigenvalue weighted by Gasteiger charge is 2.32. The summed E-state index contributed by atoms with van der Waals surface area (Å²) in [6.07, 6.45) is -3.35. The Bertz CT molecular complexity index is 516. The van der Waals surface area contributed by atoms with Crippen LogP contribution in [0.1, 0.15) is 5.69 Å². The molecule has 0 radical (unpaired) electrons. The van der Waals surface area contributed by atoms with E-state index in [4.69, 9.17) is 17.3 Å². The van der Waals surface area contributed by atoms with Crippen LogP contribution in [0.2, 0.25) is 5.15 Å². The smallest absolute Gasteiger partial charge is 0.388 e. The maximum atomic E-state index is 12.3. The van der Waals surface area contributed by atoms with E-state index in [0.717, 1.165) is 23.6 Å². The lowest BCUT2D eigenvalue weighted by Crippen LogP contribution is -2.07. The molecule has 0 bridgehead atoms. The molecule has 0 aliphatic heterocycles. The number of halogens is 4. The third-order valence-corrected chi connectivity index (χ3v) is 3.24. The van der Waals surface area contributed by atoms with Gasteiger partial charge < -0.3 is 5.73 Å². The third-order valence-electron chi connectivity index (χ3n) is 1.91. The Morgan fingerprint density at radius 2 is 2.00 bits per heavy atom. The van der Waals surface area contributed by atoms with Crippen LogP contribution in [0.25, 0.3) is 10.6 Å². The fraction of sp³-hybridized carbons (Fsp3) is 0.111. The number of alkyl halides is 3. The van der Waals surface area contributed by atoms with Crippen molar-refractivity contribution < 1.29 is 13.2 Å². The number of nitrogen functional groups attached to an aromatic ring is 1. The van der Waals surface area contributed by atoms with Gasteiger partial charge in [-0.2, -0.15) is 13.2 Å². The third kappa shape index (κ3) is 2.50. The molecule has 2 aromatic rings. The summed E-state index contributed by atoms with van der Waals surface area (Å²) in [6.45, 7) is 0. The average molecular weight is 280 g/mol. The van der Waals surface area contributed by atoms with E-state index in [9.17, 15) is 13.2 Å². The van der Waals surface area contributed by atoms with Gasteiger partial charge in [-0.1, -0.05) is 22.9 Å². The van der Waals surface area contributed by atoms with Crippen LogP contribution in [0.4, 0.5) is 18.2 Å². The molecular formula is C9H5ClF3N3S. The molecule has 0 amide bonds. The number of pyridine rings is 1. The minimum atomic E-state index is -4.45. The summed E-state index contributed by atoms with van der Waals surface area (Å²) in [7, 11) is 0. The first kappa shape index (κ1) is 12.1. The van der Waals surface area contributed by atoms with E-state index in [2.05, 4.69) is 9.97 Å². The van der Waals surface area contributed by atoms with E-state index < -0.39 is 11.9 Å². The number of nitrogens with two attached hydrogens (primary N) is 1. The highest BCUT2D eigenvalue weighted by atomic mass is 35.5. The molecule has 0 fully saturated rings. The molecule has 3 nitrogen and oxygen atoms in total. The van der Waals surface area contributed by atoms with Gasteiger partial charge in [0, 0.05) is 11.8 Å². The van der Waals surface area contributed by atoms with Gasteiger partial charge in [0.2, 0.25) is 0 Å². The molecule has 0 saturated heterocycles. The quantitative estimate of drug-likeness (QED) is 0.870. The van der Waals surface area contributed by atoms with Crippen LogP contribution in [0, 0.1) is 0 Å². The lowest BCUT2D eigenvalue weighted by Gasteiger charge is -2.04. The lowest BCUT2D eigenvalue weighted by molar-refractivity contribution is -0.141. The van der Waals surface area contributed by atoms with Crippen LogP contribution in [0.15, 0.2) is 18.3 Å². The topological polar surface area (TPSA) is 51.8 Å². The summed E-state index contributed by atoms with van der Waals surface area (Å²) < 4.78 is 36.8. The first-order chi connectivity index (χ1) is 7.88. The molecule has 2 heterocycles. The van der Waals surface area contributed by atoms with Crippen LogP contribution in [-0.4, -0.2) is 9.97 Å². The van der Waals surface area contributed by atoms with Gasteiger partial charge in [0.1, 0.15) is 15.7 Å². The molecule has 90 valence electrons. The summed E-state index contributed by atoms with van der Waals surface area (Å²) in [6, 6.07) is 2.17. The van der Waals surface area contributed by atoms with Gasteiger partial charge in [0.25, 0.3) is 0 Å². The Hall–Kier alpha value is -1.34. The maximum Gasteiger partial charge on any atom is 0.433 e. The second-order valence-corrected chi connectivity index (χ2v) is 4.49. The largest absolute Gasteiger partial charge is 0.433 e. The van der Waals surface area contributed by atoms with E-state index in [1.165, 1.54) is 6.07 Å². The zero-order valence-corrected chi connectivity index (χ0v) is 9.70. The predicted octanol–water partition coefficient (Wildman–Crippen LogP) is 3.46. The molecule has 8 heteroatoms. The Balaban J connectivity index is 2.36. The number of thiazole rings is 1. The fourth-order valence-electron chi connectivity index (χ4n) is 1.12. The Labute approximate surface area is 103 Å². The van der Waals surface area contributed by atoms with Crippen molar-refractivity contribution in [3.8, 4) is 10.6 Å². The molecule has 0 unspecified atom stereocenters. The van der Waals surface area contributed by atoms with Crippen LogP contribution in [-0.2, 0) is 6.18 Å². The predicted molar refractivity (Wildman–Crippen MR) is 59.8 cm³/mol. The van der Waals surface area contributed by atoms with Crippen molar-refractivity contribution in [2.24, 2.45) is 0 Å². The van der Waals surface area contributed by atoms with Crippen molar-refractivity contribution in [2.75, 3.05) is 5.73 Å². The summed E-state index contributed by atoms with van der Waals surface area (Å²) >= 11 is 6.75. The van der Waals surface area contributed by atoms with Gasteiger partial charge >= 0.3 is 6.18 Å². The highest BCUT2D eigenvalue weighted by molar-refractivity contribution is 7.19. The second-order valence-electron chi connectivity index (χ2n) is 3.10. The normalized spacial score (nSPS) is 11.8. The fourth-order valence-corrected chi connectivity index (χ4v) is 2.09. The van der Waals surface area contributed by atoms with Crippen molar-refractivity contribution in [1.82, 2.24) is 9.97 Å². The van der Waals surface area contributed by atoms with E-state index >= 15 is 0 Å². The molecule has 17 heavy (non-hydrogen) atoms. The number of hydrogen-bond donors (Lipinski definition) is 1. The summed E-state index contributed by atoms with van der Waals surface area (Å²) in [4.78, 5) is 7.23. The first-order valence-electron chi connectivity index (χ1n) is 4.33. The Kier molecular flexibility index (Phi) is 2.96. The average Bonchev–Trinajstić information content (AvgIpc) is 2.58. The Morgan fingerprint density at radius 3 is 2.41 bits per heavy atom. The van der Waals surface area contributed by atoms with E-state index in [0.29, 0.717) is 15.6 Å². The molecule has 0 saturated carbocycles. The van der Waals surface area contributed by atoms with E-state index in [-0.39, 0.29) is 5.15 Å². The number of aromatic nitrogens is 2. The highest BCUT2D eigenvalue weighted by Crippen LogP contribution is 2.33. The van der Waals surface area contributed by atoms with Crippen molar-refractivity contribution in [3.05, 3.63) is 29.2 Å². The zero-order valence-electron chi connectivity index (χ0n) is 8.12. The molecular weight excluding hydrogens is 275 g/mol. The number of nitrogens with zero attached hydrogens (tertiary/aromatic N) is 2. The molecule has 0 aliphatic rings. The molecule has 2 aromatic heterocycles. The zero-order chi connectivity index (χ0) is 12.6. The van der Waals surface area contributed by atoms with Crippen LogP contribution in [0.3, 0.4) is 0 Å². The van der Waals surface area contributed by atoms with Gasteiger partial charge in [0.15, 0.2) is 5.15 Å². The number of hydrogen-bond acceptors (Lipinski definition) is 4. The van der Waals surface area contributed by atoms with Crippen LogP contribution >= 0.6 is 22.9 Å². The van der Waals surface area contributed by atoms with Gasteiger partial charge in [0.05, 0.1) is 0 Å². The van der Waals surface area contributed by atoms with E-state index in [1.54, 1.807) is 0 Å². The summed E-state index contributed by atoms with van der Waals surface area (Å²) in [5.41, 5.74) is 5.00. The molecule has 2 rings (SSSR count). The Morgan fingerprint density at radius 1 is 1.29 bits per heavy atom. The standard InChI is InChI=1S/C9H5ClF3N3S/c10-6-7(14)17-8(16-6)4-1-2-5(15-3-4)9(11,12)13/h1-3H,14H2. The molecule has 0 aliphatic carbocycles. The number of anilines is 1. The van der Waals surface area contributed by atoms with Crippen LogP contribution in [0.5, 0.6) is 0 Å². The summed E-state index contributed by atoms with van der Waals surface area (Å²) in [5, 5.41) is 0.903. The maximum absolute atomic E-state index is 12.3. The van der Waals surface area contributed by atoms with Gasteiger partial charge in [-0.15, -0.1) is 0 Å². The second kappa shape index (κ2) is 4.15. The van der Waals surface area contributed by atoms with Crippen molar-refractivity contribution in [1.29, 1.82) is 0 Å². The van der Waals surface area contributed by atoms with Gasteiger partial charge in [-0.05, 0) is 12.1 Å². The van der Waals surface area contributed by atoms with Crippen molar-refractivity contribution in [2.45, 2.75) is 6.18 Å². The first-order valence-corrected chi connectivity index (χ1v) is 5.53. The van der Waals surface area contributed by atoms with E-state index in [1.807, 2.05) is 0 Å². The molecule has 0 aromatic carbocycles. The number of rotatable bonds is 1. The SMILES string of the molecule is Nc1sc(-c2ccc(C(F)(F)F)nc2)nc1Cl. The monoisotopic (exact) mass is 279 g/mol. The van der Waals surface area contributed by atoms with Crippen molar-refractivity contribution >= 4 is 27.9 Å². The molecule has 0 atom stereocenters. The minimum absolute atomic E-state index is 0.143.